The second-order valence-electron chi connectivity index (χ2n) is 4.72. The Hall–Kier alpha value is -1.93. The molecule has 1 amide bonds. The van der Waals surface area contributed by atoms with Crippen LogP contribution in [-0.4, -0.2) is 36.5 Å². The quantitative estimate of drug-likeness (QED) is 0.405. The van der Waals surface area contributed by atoms with E-state index in [0.29, 0.717) is 24.5 Å². The van der Waals surface area contributed by atoms with Gasteiger partial charge in [-0.3, -0.25) is 4.79 Å². The first-order valence-electron chi connectivity index (χ1n) is 7.43. The summed E-state index contributed by atoms with van der Waals surface area (Å²) in [6.07, 6.45) is 0. The molecule has 0 aliphatic carbocycles. The third kappa shape index (κ3) is 5.65. The summed E-state index contributed by atoms with van der Waals surface area (Å²) in [6, 6.07) is 4.09. The molecule has 8 heteroatoms. The van der Waals surface area contributed by atoms with E-state index in [4.69, 9.17) is 0 Å². The Balaban J connectivity index is 1.74. The molecular weight excluding hydrogens is 330 g/mol. The number of aryl methyl sites for hydroxylation is 1. The monoisotopic (exact) mass is 351 g/mol. The van der Waals surface area contributed by atoms with Gasteiger partial charge in [-0.25, -0.2) is 9.98 Å². The van der Waals surface area contributed by atoms with Gasteiger partial charge < -0.3 is 16.0 Å². The molecule has 0 saturated carbocycles. The van der Waals surface area contributed by atoms with Gasteiger partial charge in [0.1, 0.15) is 4.88 Å². The van der Waals surface area contributed by atoms with Crippen molar-refractivity contribution in [1.82, 2.24) is 20.9 Å². The summed E-state index contributed by atoms with van der Waals surface area (Å²) in [7, 11) is 0. The van der Waals surface area contributed by atoms with Crippen LogP contribution in [0.5, 0.6) is 0 Å². The van der Waals surface area contributed by atoms with E-state index in [9.17, 15) is 4.79 Å². The molecular formula is C15H21N5OS2. The van der Waals surface area contributed by atoms with Crippen LogP contribution in [0, 0.1) is 6.92 Å². The van der Waals surface area contributed by atoms with Crippen LogP contribution in [0.2, 0.25) is 0 Å². The lowest BCUT2D eigenvalue weighted by Crippen LogP contribution is -2.41. The molecule has 0 fully saturated rings. The van der Waals surface area contributed by atoms with Crippen molar-refractivity contribution >= 4 is 34.5 Å². The van der Waals surface area contributed by atoms with Gasteiger partial charge in [0.2, 0.25) is 0 Å². The average molecular weight is 352 g/mol. The first-order chi connectivity index (χ1) is 11.2. The summed E-state index contributed by atoms with van der Waals surface area (Å²) in [4.78, 5) is 22.5. The van der Waals surface area contributed by atoms with Gasteiger partial charge in [0.25, 0.3) is 5.91 Å². The zero-order chi connectivity index (χ0) is 16.5. The Labute approximate surface area is 144 Å². The van der Waals surface area contributed by atoms with Crippen molar-refractivity contribution in [2.45, 2.75) is 20.4 Å². The summed E-state index contributed by atoms with van der Waals surface area (Å²) in [6.45, 7) is 6.45. The molecule has 3 N–H and O–H groups in total. The number of aliphatic imine (C=N–C) groups is 1. The SMILES string of the molecule is CCNC(=NCc1cccs1)NCCNC(=O)c1scnc1C. The maximum absolute atomic E-state index is 12.0. The number of thiazole rings is 1. The molecule has 2 aromatic heterocycles. The number of thiophene rings is 1. The molecule has 0 radical (unpaired) electrons. The number of hydrogen-bond acceptors (Lipinski definition) is 5. The Morgan fingerprint density at radius 3 is 2.74 bits per heavy atom. The molecule has 2 rings (SSSR count). The summed E-state index contributed by atoms with van der Waals surface area (Å²) < 4.78 is 0. The van der Waals surface area contributed by atoms with Crippen LogP contribution in [0.25, 0.3) is 0 Å². The molecule has 0 aromatic carbocycles. The van der Waals surface area contributed by atoms with Gasteiger partial charge in [0.15, 0.2) is 5.96 Å². The van der Waals surface area contributed by atoms with Crippen LogP contribution in [-0.2, 0) is 6.54 Å². The van der Waals surface area contributed by atoms with Crippen LogP contribution in [0.3, 0.4) is 0 Å². The van der Waals surface area contributed by atoms with Gasteiger partial charge in [-0.05, 0) is 25.3 Å². The van der Waals surface area contributed by atoms with E-state index in [1.54, 1.807) is 16.8 Å². The summed E-state index contributed by atoms with van der Waals surface area (Å²) >= 11 is 3.05. The van der Waals surface area contributed by atoms with Crippen LogP contribution in [0.15, 0.2) is 28.0 Å². The highest BCUT2D eigenvalue weighted by molar-refractivity contribution is 7.11. The lowest BCUT2D eigenvalue weighted by molar-refractivity contribution is 0.0957. The lowest BCUT2D eigenvalue weighted by atomic mass is 10.4. The molecule has 2 aromatic rings. The molecule has 0 saturated heterocycles. The number of amides is 1. The standard InChI is InChI=1S/C15H21N5OS2/c1-3-16-15(19-9-12-5-4-8-22-12)18-7-6-17-14(21)13-11(2)20-10-23-13/h4-5,8,10H,3,6-7,9H2,1-2H3,(H,17,21)(H2,16,18,19). The third-order valence-electron chi connectivity index (χ3n) is 2.97. The highest BCUT2D eigenvalue weighted by Crippen LogP contribution is 2.11. The number of carbonyl (C=O) groups is 1. The Morgan fingerprint density at radius 2 is 2.09 bits per heavy atom. The second-order valence-corrected chi connectivity index (χ2v) is 6.61. The summed E-state index contributed by atoms with van der Waals surface area (Å²) in [5, 5.41) is 11.3. The van der Waals surface area contributed by atoms with E-state index < -0.39 is 0 Å². The Morgan fingerprint density at radius 1 is 1.26 bits per heavy atom. The highest BCUT2D eigenvalue weighted by Gasteiger charge is 2.10. The number of aromatic nitrogens is 1. The summed E-state index contributed by atoms with van der Waals surface area (Å²) in [5.41, 5.74) is 2.45. The first-order valence-corrected chi connectivity index (χ1v) is 9.19. The maximum Gasteiger partial charge on any atom is 0.263 e. The minimum absolute atomic E-state index is 0.0766. The van der Waals surface area contributed by atoms with E-state index >= 15 is 0 Å². The fraction of sp³-hybridized carbons (Fsp3) is 0.400. The number of hydrogen-bond donors (Lipinski definition) is 3. The Kier molecular flexibility index (Phi) is 7.02. The van der Waals surface area contributed by atoms with Crippen molar-refractivity contribution in [2.24, 2.45) is 4.99 Å². The summed E-state index contributed by atoms with van der Waals surface area (Å²) in [5.74, 6) is 0.677. The van der Waals surface area contributed by atoms with Crippen LogP contribution < -0.4 is 16.0 Å². The number of rotatable bonds is 7. The molecule has 124 valence electrons. The van der Waals surface area contributed by atoms with Crippen molar-refractivity contribution in [1.29, 1.82) is 0 Å². The number of guanidine groups is 1. The largest absolute Gasteiger partial charge is 0.357 e. The topological polar surface area (TPSA) is 78.4 Å². The van der Waals surface area contributed by atoms with Gasteiger partial charge in [-0.2, -0.15) is 0 Å². The molecule has 0 aliphatic heterocycles. The van der Waals surface area contributed by atoms with Gasteiger partial charge in [-0.1, -0.05) is 6.07 Å². The number of nitrogens with zero attached hydrogens (tertiary/aromatic N) is 2. The second kappa shape index (κ2) is 9.26. The van der Waals surface area contributed by atoms with E-state index in [-0.39, 0.29) is 5.91 Å². The molecule has 0 spiro atoms. The minimum atomic E-state index is -0.0766. The van der Waals surface area contributed by atoms with Gasteiger partial charge >= 0.3 is 0 Å². The van der Waals surface area contributed by atoms with Crippen LogP contribution in [0.1, 0.15) is 27.2 Å². The molecule has 2 heterocycles. The highest BCUT2D eigenvalue weighted by atomic mass is 32.1. The van der Waals surface area contributed by atoms with Crippen molar-refractivity contribution in [3.05, 3.63) is 38.5 Å². The van der Waals surface area contributed by atoms with Gasteiger partial charge in [-0.15, -0.1) is 22.7 Å². The van der Waals surface area contributed by atoms with E-state index in [0.717, 1.165) is 18.2 Å². The van der Waals surface area contributed by atoms with Crippen LogP contribution >= 0.6 is 22.7 Å². The average Bonchev–Trinajstić information content (AvgIpc) is 3.20. The zero-order valence-electron chi connectivity index (χ0n) is 13.3. The first kappa shape index (κ1) is 17.4. The molecule has 6 nitrogen and oxygen atoms in total. The normalized spacial score (nSPS) is 11.3. The van der Waals surface area contributed by atoms with E-state index in [2.05, 4.69) is 32.0 Å². The fourth-order valence-corrected chi connectivity index (χ4v) is 3.21. The molecule has 0 atom stereocenters. The van der Waals surface area contributed by atoms with Gasteiger partial charge in [0, 0.05) is 24.5 Å². The minimum Gasteiger partial charge on any atom is -0.357 e. The number of nitrogens with one attached hydrogen (secondary N) is 3. The third-order valence-corrected chi connectivity index (χ3v) is 4.76. The van der Waals surface area contributed by atoms with Crippen molar-refractivity contribution < 1.29 is 4.79 Å². The van der Waals surface area contributed by atoms with Crippen LogP contribution in [0.4, 0.5) is 0 Å². The predicted molar refractivity (Wildman–Crippen MR) is 96.3 cm³/mol. The predicted octanol–water partition coefficient (Wildman–Crippen LogP) is 2.00. The zero-order valence-corrected chi connectivity index (χ0v) is 14.9. The molecule has 23 heavy (non-hydrogen) atoms. The van der Waals surface area contributed by atoms with Crippen molar-refractivity contribution in [2.75, 3.05) is 19.6 Å². The van der Waals surface area contributed by atoms with E-state index in [1.165, 1.54) is 16.2 Å². The van der Waals surface area contributed by atoms with Gasteiger partial charge in [0.05, 0.1) is 17.7 Å². The van der Waals surface area contributed by atoms with Crippen molar-refractivity contribution in [3.63, 3.8) is 0 Å². The fourth-order valence-electron chi connectivity index (χ4n) is 1.86. The lowest BCUT2D eigenvalue weighted by Gasteiger charge is -2.11. The molecule has 0 bridgehead atoms. The Bertz CT molecular complexity index is 636. The smallest absolute Gasteiger partial charge is 0.263 e. The maximum atomic E-state index is 12.0. The molecule has 0 aliphatic rings. The number of carbonyl (C=O) groups excluding carboxylic acids is 1. The van der Waals surface area contributed by atoms with Crippen molar-refractivity contribution in [3.8, 4) is 0 Å². The van der Waals surface area contributed by atoms with E-state index in [1.807, 2.05) is 25.3 Å². The molecule has 0 unspecified atom stereocenters.